The van der Waals surface area contributed by atoms with E-state index >= 15 is 0 Å². The van der Waals surface area contributed by atoms with Gasteiger partial charge in [-0.05, 0) is 33.3 Å². The van der Waals surface area contributed by atoms with Gasteiger partial charge in [-0.2, -0.15) is 0 Å². The van der Waals surface area contributed by atoms with E-state index in [2.05, 4.69) is 11.9 Å². The molecule has 0 saturated carbocycles. The van der Waals surface area contributed by atoms with Crippen LogP contribution in [0.2, 0.25) is 0 Å². The minimum absolute atomic E-state index is 0.0105. The van der Waals surface area contributed by atoms with Gasteiger partial charge in [0.2, 0.25) is 5.91 Å². The zero-order chi connectivity index (χ0) is 15.6. The van der Waals surface area contributed by atoms with E-state index in [4.69, 9.17) is 4.74 Å². The summed E-state index contributed by atoms with van der Waals surface area (Å²) in [7, 11) is 0. The number of amides is 1. The molecule has 0 fully saturated rings. The largest absolute Gasteiger partial charge is 0.460 e. The number of rotatable bonds is 8. The normalized spacial score (nSPS) is 11.2. The average Bonchev–Trinajstić information content (AvgIpc) is 2.31. The number of nitrogens with one attached hydrogen (secondary N) is 1. The Kier molecular flexibility index (Phi) is 8.20. The van der Waals surface area contributed by atoms with Crippen molar-refractivity contribution in [3.63, 3.8) is 0 Å². The summed E-state index contributed by atoms with van der Waals surface area (Å²) in [6.45, 7) is 8.83. The van der Waals surface area contributed by atoms with Crippen LogP contribution in [0.3, 0.4) is 0 Å². The fraction of sp³-hybridized carbons (Fsp3) is 0.533. The molecule has 5 heteroatoms. The first-order valence-corrected chi connectivity index (χ1v) is 6.53. The van der Waals surface area contributed by atoms with Crippen LogP contribution < -0.4 is 5.32 Å². The molecular weight excluding hydrogens is 258 g/mol. The minimum atomic E-state index is -0.537. The van der Waals surface area contributed by atoms with Crippen LogP contribution in [0.5, 0.6) is 0 Å². The number of allylic oxidation sites excluding steroid dienone is 1. The highest BCUT2D eigenvalue weighted by atomic mass is 16.6. The molecule has 0 atom stereocenters. The second-order valence-corrected chi connectivity index (χ2v) is 5.28. The fourth-order valence-corrected chi connectivity index (χ4v) is 1.24. The molecule has 112 valence electrons. The molecule has 0 aliphatic carbocycles. The molecule has 1 amide bonds. The van der Waals surface area contributed by atoms with Crippen molar-refractivity contribution in [1.29, 1.82) is 0 Å². The average molecular weight is 281 g/mol. The zero-order valence-corrected chi connectivity index (χ0v) is 12.4. The smallest absolute Gasteiger partial charge is 0.310 e. The highest BCUT2D eigenvalue weighted by molar-refractivity contribution is 5.92. The fourth-order valence-electron chi connectivity index (χ4n) is 1.24. The highest BCUT2D eigenvalue weighted by Crippen LogP contribution is 2.08. The van der Waals surface area contributed by atoms with Crippen molar-refractivity contribution in [2.45, 2.75) is 45.6 Å². The molecule has 20 heavy (non-hydrogen) atoms. The molecule has 0 aliphatic heterocycles. The van der Waals surface area contributed by atoms with Crippen LogP contribution in [0.1, 0.15) is 40.0 Å². The Morgan fingerprint density at radius 1 is 1.25 bits per heavy atom. The van der Waals surface area contributed by atoms with Crippen LogP contribution in [0, 0.1) is 0 Å². The Bertz CT molecular complexity index is 391. The second-order valence-electron chi connectivity index (χ2n) is 5.28. The first kappa shape index (κ1) is 18.1. The van der Waals surface area contributed by atoms with Gasteiger partial charge in [-0.1, -0.05) is 12.2 Å². The van der Waals surface area contributed by atoms with Crippen LogP contribution in [-0.2, 0) is 19.1 Å². The predicted molar refractivity (Wildman–Crippen MR) is 77.0 cm³/mol. The van der Waals surface area contributed by atoms with Gasteiger partial charge in [0.15, 0.2) is 5.78 Å². The van der Waals surface area contributed by atoms with Crippen LogP contribution >= 0.6 is 0 Å². The van der Waals surface area contributed by atoms with E-state index in [-0.39, 0.29) is 18.7 Å². The van der Waals surface area contributed by atoms with Gasteiger partial charge in [-0.15, -0.1) is 6.58 Å². The number of hydrogen-bond acceptors (Lipinski definition) is 4. The Morgan fingerprint density at radius 2 is 1.90 bits per heavy atom. The third-order valence-corrected chi connectivity index (χ3v) is 2.06. The summed E-state index contributed by atoms with van der Waals surface area (Å²) < 4.78 is 5.08. The number of carbonyl (C=O) groups excluding carboxylic acids is 3. The maximum absolute atomic E-state index is 11.4. The third-order valence-electron chi connectivity index (χ3n) is 2.06. The highest BCUT2D eigenvalue weighted by Gasteiger charge is 2.14. The van der Waals surface area contributed by atoms with Gasteiger partial charge in [-0.25, -0.2) is 0 Å². The molecule has 0 unspecified atom stereocenters. The molecule has 0 rings (SSSR count). The number of ether oxygens (including phenoxy) is 1. The van der Waals surface area contributed by atoms with E-state index in [9.17, 15) is 14.4 Å². The van der Waals surface area contributed by atoms with Gasteiger partial charge in [0, 0.05) is 6.42 Å². The molecule has 0 spiro atoms. The Labute approximate surface area is 120 Å². The van der Waals surface area contributed by atoms with Crippen molar-refractivity contribution in [3.8, 4) is 0 Å². The first-order chi connectivity index (χ1) is 9.24. The van der Waals surface area contributed by atoms with E-state index in [0.717, 1.165) is 0 Å². The molecule has 0 saturated heterocycles. The number of ketones is 1. The van der Waals surface area contributed by atoms with Gasteiger partial charge in [0.25, 0.3) is 0 Å². The molecule has 0 bridgehead atoms. The van der Waals surface area contributed by atoms with E-state index in [0.29, 0.717) is 12.8 Å². The van der Waals surface area contributed by atoms with Gasteiger partial charge < -0.3 is 10.1 Å². The summed E-state index contributed by atoms with van der Waals surface area (Å²) in [5.74, 6) is -0.858. The Hall–Kier alpha value is -1.91. The lowest BCUT2D eigenvalue weighted by atomic mass is 10.2. The Morgan fingerprint density at radius 3 is 2.45 bits per heavy atom. The summed E-state index contributed by atoms with van der Waals surface area (Å²) >= 11 is 0. The predicted octanol–water partition coefficient (Wildman–Crippen LogP) is 1.93. The molecule has 5 nitrogen and oxygen atoms in total. The van der Waals surface area contributed by atoms with E-state index in [1.165, 1.54) is 12.2 Å². The molecule has 0 radical (unpaired) electrons. The molecule has 0 aliphatic rings. The standard InChI is InChI=1S/C15H23NO4/c1-5-6-8-12(17)11-16-13(18)9-7-10-14(19)20-15(2,3)4/h5,7,9H,1,6,8,10-11H2,2-4H3,(H,16,18)/b9-7-. The van der Waals surface area contributed by atoms with Gasteiger partial charge in [-0.3, -0.25) is 14.4 Å². The van der Waals surface area contributed by atoms with Crippen molar-refractivity contribution in [3.05, 3.63) is 24.8 Å². The summed E-state index contributed by atoms with van der Waals surface area (Å²) in [6.07, 6.45) is 5.28. The molecule has 0 heterocycles. The number of hydrogen-bond donors (Lipinski definition) is 1. The van der Waals surface area contributed by atoms with Crippen LogP contribution in [0.15, 0.2) is 24.8 Å². The zero-order valence-electron chi connectivity index (χ0n) is 12.4. The Balaban J connectivity index is 3.91. The molecule has 1 N–H and O–H groups in total. The van der Waals surface area contributed by atoms with E-state index < -0.39 is 17.5 Å². The summed E-state index contributed by atoms with van der Waals surface area (Å²) in [5.41, 5.74) is -0.537. The summed E-state index contributed by atoms with van der Waals surface area (Å²) in [6, 6.07) is 0. The first-order valence-electron chi connectivity index (χ1n) is 6.53. The quantitative estimate of drug-likeness (QED) is 0.419. The molecule has 0 aromatic heterocycles. The minimum Gasteiger partial charge on any atom is -0.460 e. The monoisotopic (exact) mass is 281 g/mol. The summed E-state index contributed by atoms with van der Waals surface area (Å²) in [5, 5.41) is 2.45. The van der Waals surface area contributed by atoms with Gasteiger partial charge >= 0.3 is 5.97 Å². The lowest BCUT2D eigenvalue weighted by Crippen LogP contribution is -2.28. The van der Waals surface area contributed by atoms with Crippen molar-refractivity contribution in [2.75, 3.05) is 6.54 Å². The second kappa shape index (κ2) is 9.07. The number of esters is 1. The van der Waals surface area contributed by atoms with Gasteiger partial charge in [0.1, 0.15) is 5.60 Å². The van der Waals surface area contributed by atoms with Crippen LogP contribution in [0.4, 0.5) is 0 Å². The lowest BCUT2D eigenvalue weighted by molar-refractivity contribution is -0.153. The maximum atomic E-state index is 11.4. The SMILES string of the molecule is C=CCCC(=O)CNC(=O)/C=C\CC(=O)OC(C)(C)C. The van der Waals surface area contributed by atoms with E-state index in [1.54, 1.807) is 26.8 Å². The van der Waals surface area contributed by atoms with Crippen molar-refractivity contribution in [1.82, 2.24) is 5.32 Å². The van der Waals surface area contributed by atoms with Crippen molar-refractivity contribution in [2.24, 2.45) is 0 Å². The van der Waals surface area contributed by atoms with Crippen molar-refractivity contribution < 1.29 is 19.1 Å². The number of carbonyl (C=O) groups is 3. The topological polar surface area (TPSA) is 72.5 Å². The molecular formula is C15H23NO4. The number of Topliss-reactive ketones (excluding diaryl/α,β-unsaturated/α-hetero) is 1. The van der Waals surface area contributed by atoms with Crippen LogP contribution in [-0.4, -0.2) is 29.8 Å². The van der Waals surface area contributed by atoms with Crippen LogP contribution in [0.25, 0.3) is 0 Å². The lowest BCUT2D eigenvalue weighted by Gasteiger charge is -2.18. The van der Waals surface area contributed by atoms with Gasteiger partial charge in [0.05, 0.1) is 13.0 Å². The van der Waals surface area contributed by atoms with Crippen molar-refractivity contribution >= 4 is 17.7 Å². The van der Waals surface area contributed by atoms with E-state index in [1.807, 2.05) is 0 Å². The third kappa shape index (κ3) is 11.2. The summed E-state index contributed by atoms with van der Waals surface area (Å²) in [4.78, 5) is 34.0. The molecule has 0 aromatic rings. The molecule has 0 aromatic carbocycles. The maximum Gasteiger partial charge on any atom is 0.310 e.